The van der Waals surface area contributed by atoms with Crippen molar-refractivity contribution in [3.63, 3.8) is 0 Å². The number of carbonyl (C=O) groups is 2. The highest BCUT2D eigenvalue weighted by Gasteiger charge is 2.41. The van der Waals surface area contributed by atoms with Gasteiger partial charge in [-0.05, 0) is 27.7 Å². The highest BCUT2D eigenvalue weighted by atomic mass is 32.2. The van der Waals surface area contributed by atoms with Crippen LogP contribution in [0.5, 0.6) is 0 Å². The molecular formula is C10H17NO4S. The van der Waals surface area contributed by atoms with E-state index in [0.29, 0.717) is 5.75 Å². The highest BCUT2D eigenvalue weighted by Crippen LogP contribution is 2.30. The van der Waals surface area contributed by atoms with Gasteiger partial charge in [-0.25, -0.2) is 9.59 Å². The molecule has 0 spiro atoms. The van der Waals surface area contributed by atoms with Crippen LogP contribution >= 0.6 is 11.8 Å². The van der Waals surface area contributed by atoms with Crippen LogP contribution in [0.4, 0.5) is 4.79 Å². The lowest BCUT2D eigenvalue weighted by Crippen LogP contribution is -2.46. The molecule has 0 aromatic rings. The van der Waals surface area contributed by atoms with E-state index in [1.165, 1.54) is 16.7 Å². The SMILES string of the molecule is C[C@H]1SC[C@@H](C(=O)O)N1C(=O)OC(C)(C)C. The molecule has 1 saturated heterocycles. The summed E-state index contributed by atoms with van der Waals surface area (Å²) in [4.78, 5) is 24.1. The van der Waals surface area contributed by atoms with Crippen molar-refractivity contribution in [3.8, 4) is 0 Å². The largest absolute Gasteiger partial charge is 0.480 e. The van der Waals surface area contributed by atoms with E-state index >= 15 is 0 Å². The third-order valence-corrected chi connectivity index (χ3v) is 3.33. The predicted molar refractivity (Wildman–Crippen MR) is 61.4 cm³/mol. The first-order valence-electron chi connectivity index (χ1n) is 5.08. The molecule has 1 amide bonds. The molecular weight excluding hydrogens is 230 g/mol. The monoisotopic (exact) mass is 247 g/mol. The third kappa shape index (κ3) is 3.04. The number of amides is 1. The lowest BCUT2D eigenvalue weighted by molar-refractivity contribution is -0.142. The number of hydrogen-bond donors (Lipinski definition) is 1. The van der Waals surface area contributed by atoms with Gasteiger partial charge in [0.2, 0.25) is 0 Å². The van der Waals surface area contributed by atoms with Crippen molar-refractivity contribution in [2.45, 2.75) is 44.7 Å². The Kier molecular flexibility index (Phi) is 3.72. The summed E-state index contributed by atoms with van der Waals surface area (Å²) in [5.41, 5.74) is -0.604. The Morgan fingerprint density at radius 3 is 2.44 bits per heavy atom. The molecule has 2 atom stereocenters. The van der Waals surface area contributed by atoms with Crippen LogP contribution in [0.3, 0.4) is 0 Å². The fraction of sp³-hybridized carbons (Fsp3) is 0.800. The molecule has 1 N–H and O–H groups in total. The maximum Gasteiger partial charge on any atom is 0.411 e. The van der Waals surface area contributed by atoms with Crippen molar-refractivity contribution in [2.75, 3.05) is 5.75 Å². The Morgan fingerprint density at radius 2 is 2.00 bits per heavy atom. The number of ether oxygens (including phenoxy) is 1. The van der Waals surface area contributed by atoms with Gasteiger partial charge in [-0.3, -0.25) is 4.90 Å². The van der Waals surface area contributed by atoms with Crippen LogP contribution < -0.4 is 0 Å². The summed E-state index contributed by atoms with van der Waals surface area (Å²) in [6.45, 7) is 7.08. The Morgan fingerprint density at radius 1 is 1.44 bits per heavy atom. The van der Waals surface area contributed by atoms with Gasteiger partial charge in [0.1, 0.15) is 11.6 Å². The Bertz CT molecular complexity index is 300. The van der Waals surface area contributed by atoms with Crippen LogP contribution in [0.25, 0.3) is 0 Å². The zero-order valence-corrected chi connectivity index (χ0v) is 10.7. The second kappa shape index (κ2) is 4.53. The van der Waals surface area contributed by atoms with Gasteiger partial charge in [0.25, 0.3) is 0 Å². The Balaban J connectivity index is 2.76. The van der Waals surface area contributed by atoms with Gasteiger partial charge < -0.3 is 9.84 Å². The van der Waals surface area contributed by atoms with Gasteiger partial charge in [-0.1, -0.05) is 0 Å². The minimum Gasteiger partial charge on any atom is -0.480 e. The summed E-state index contributed by atoms with van der Waals surface area (Å²) in [6.07, 6.45) is -0.558. The topological polar surface area (TPSA) is 66.8 Å². The van der Waals surface area contributed by atoms with Crippen molar-refractivity contribution < 1.29 is 19.4 Å². The highest BCUT2D eigenvalue weighted by molar-refractivity contribution is 8.00. The van der Waals surface area contributed by atoms with E-state index in [0.717, 1.165) is 0 Å². The molecule has 0 aromatic heterocycles. The second-order valence-electron chi connectivity index (χ2n) is 4.67. The molecule has 1 aliphatic rings. The number of nitrogens with zero attached hydrogens (tertiary/aromatic N) is 1. The van der Waals surface area contributed by atoms with Crippen molar-refractivity contribution in [1.82, 2.24) is 4.90 Å². The van der Waals surface area contributed by atoms with E-state index < -0.39 is 23.7 Å². The summed E-state index contributed by atoms with van der Waals surface area (Å²) >= 11 is 1.44. The summed E-state index contributed by atoms with van der Waals surface area (Å²) in [7, 11) is 0. The lowest BCUT2D eigenvalue weighted by Gasteiger charge is -2.28. The van der Waals surface area contributed by atoms with Crippen LogP contribution in [0.15, 0.2) is 0 Å². The van der Waals surface area contributed by atoms with E-state index in [1.807, 2.05) is 0 Å². The Hall–Kier alpha value is -0.910. The number of carbonyl (C=O) groups excluding carboxylic acids is 1. The van der Waals surface area contributed by atoms with Crippen LogP contribution in [0.2, 0.25) is 0 Å². The number of hydrogen-bond acceptors (Lipinski definition) is 4. The van der Waals surface area contributed by atoms with Crippen LogP contribution in [-0.4, -0.2) is 44.8 Å². The van der Waals surface area contributed by atoms with Crippen LogP contribution in [0.1, 0.15) is 27.7 Å². The van der Waals surface area contributed by atoms with E-state index in [2.05, 4.69) is 0 Å². The molecule has 1 fully saturated rings. The molecule has 1 aliphatic heterocycles. The maximum atomic E-state index is 11.8. The van der Waals surface area contributed by atoms with Gasteiger partial charge in [-0.15, -0.1) is 11.8 Å². The molecule has 92 valence electrons. The standard InChI is InChI=1S/C10H17NO4S/c1-6-11(7(5-16-6)8(12)13)9(14)15-10(2,3)4/h6-7H,5H2,1-4H3,(H,12,13)/t6-,7+/m1/s1. The number of carboxylic acid groups (broad SMARTS) is 1. The molecule has 1 heterocycles. The first-order chi connectivity index (χ1) is 7.22. The number of rotatable bonds is 1. The van der Waals surface area contributed by atoms with E-state index in [-0.39, 0.29) is 5.37 Å². The van der Waals surface area contributed by atoms with Crippen molar-refractivity contribution in [3.05, 3.63) is 0 Å². The van der Waals surface area contributed by atoms with Gasteiger partial charge in [-0.2, -0.15) is 0 Å². The minimum absolute atomic E-state index is 0.157. The lowest BCUT2D eigenvalue weighted by atomic mass is 10.2. The first kappa shape index (κ1) is 13.2. The number of thioether (sulfide) groups is 1. The minimum atomic E-state index is -0.984. The average molecular weight is 247 g/mol. The predicted octanol–water partition coefficient (Wildman–Crippen LogP) is 1.77. The van der Waals surface area contributed by atoms with Crippen LogP contribution in [-0.2, 0) is 9.53 Å². The molecule has 16 heavy (non-hydrogen) atoms. The molecule has 0 saturated carbocycles. The molecule has 0 aliphatic carbocycles. The van der Waals surface area contributed by atoms with Gasteiger partial charge in [0.05, 0.1) is 5.37 Å². The number of carboxylic acids is 1. The van der Waals surface area contributed by atoms with Gasteiger partial charge in [0, 0.05) is 5.75 Å². The smallest absolute Gasteiger partial charge is 0.411 e. The van der Waals surface area contributed by atoms with Gasteiger partial charge in [0.15, 0.2) is 0 Å². The molecule has 0 radical (unpaired) electrons. The molecule has 0 aromatic carbocycles. The fourth-order valence-electron chi connectivity index (χ4n) is 1.43. The summed E-state index contributed by atoms with van der Waals surface area (Å²) in [6, 6.07) is -0.783. The normalized spacial score (nSPS) is 25.6. The first-order valence-corrected chi connectivity index (χ1v) is 6.13. The van der Waals surface area contributed by atoms with E-state index in [1.54, 1.807) is 27.7 Å². The van der Waals surface area contributed by atoms with Crippen molar-refractivity contribution >= 4 is 23.8 Å². The van der Waals surface area contributed by atoms with E-state index in [9.17, 15) is 9.59 Å². The molecule has 6 heteroatoms. The van der Waals surface area contributed by atoms with Gasteiger partial charge >= 0.3 is 12.1 Å². The molecule has 1 rings (SSSR count). The van der Waals surface area contributed by atoms with E-state index in [4.69, 9.17) is 9.84 Å². The van der Waals surface area contributed by atoms with Crippen molar-refractivity contribution in [1.29, 1.82) is 0 Å². The average Bonchev–Trinajstić information content (AvgIpc) is 2.43. The Labute approximate surface area is 99.1 Å². The maximum absolute atomic E-state index is 11.8. The summed E-state index contributed by atoms with van der Waals surface area (Å²) in [5, 5.41) is 8.83. The molecule has 5 nitrogen and oxygen atoms in total. The van der Waals surface area contributed by atoms with Crippen molar-refractivity contribution in [2.24, 2.45) is 0 Å². The zero-order valence-electron chi connectivity index (χ0n) is 9.89. The second-order valence-corrected chi connectivity index (χ2v) is 6.02. The zero-order chi connectivity index (χ0) is 12.5. The summed E-state index contributed by atoms with van der Waals surface area (Å²) < 4.78 is 5.18. The summed E-state index contributed by atoms with van der Waals surface area (Å²) in [5.74, 6) is -0.571. The third-order valence-electron chi connectivity index (χ3n) is 2.11. The molecule has 0 bridgehead atoms. The number of aliphatic carboxylic acids is 1. The quantitative estimate of drug-likeness (QED) is 0.765. The molecule has 0 unspecified atom stereocenters. The van der Waals surface area contributed by atoms with Crippen LogP contribution in [0, 0.1) is 0 Å². The fourth-order valence-corrected chi connectivity index (χ4v) is 2.58.